The van der Waals surface area contributed by atoms with Crippen molar-refractivity contribution in [2.75, 3.05) is 25.6 Å². The first-order valence-corrected chi connectivity index (χ1v) is 11.8. The van der Waals surface area contributed by atoms with Gasteiger partial charge in [0.2, 0.25) is 0 Å². The minimum atomic E-state index is -0.566. The van der Waals surface area contributed by atoms with Crippen molar-refractivity contribution >= 4 is 17.0 Å². The van der Waals surface area contributed by atoms with Gasteiger partial charge in [0, 0.05) is 55.5 Å². The molecule has 4 aromatic rings. The molecule has 0 aromatic carbocycles. The number of piperidine rings is 1. The lowest BCUT2D eigenvalue weighted by Gasteiger charge is -2.46. The van der Waals surface area contributed by atoms with Crippen LogP contribution in [-0.2, 0) is 11.8 Å². The van der Waals surface area contributed by atoms with Crippen molar-refractivity contribution in [2.24, 2.45) is 7.05 Å². The Morgan fingerprint density at radius 1 is 1.11 bits per heavy atom. The minimum absolute atomic E-state index is 0.122. The van der Waals surface area contributed by atoms with E-state index in [1.165, 1.54) is 4.68 Å². The summed E-state index contributed by atoms with van der Waals surface area (Å²) in [7, 11) is 3.85. The van der Waals surface area contributed by atoms with Gasteiger partial charge in [0.15, 0.2) is 5.82 Å². The van der Waals surface area contributed by atoms with Crippen molar-refractivity contribution in [3.8, 4) is 16.9 Å². The Kier molecular flexibility index (Phi) is 5.42. The standard InChI is InChI=1S/C25H28FN7O2/c1-15-6-21(23(11-27-15)35-20-8-18-13-34-14-19(9-20)32(18)3)16-4-5-33-17(7-16)10-24(29-33)28-22-12-31(2)30-25(22)26/h4-7,10-12,18-20H,8-9,13-14H2,1-3H3,(H,28,29)/t18-,19+,20-. The highest BCUT2D eigenvalue weighted by molar-refractivity contribution is 5.75. The Balaban J connectivity index is 1.28. The third kappa shape index (κ3) is 4.23. The van der Waals surface area contributed by atoms with E-state index in [0.717, 1.165) is 54.1 Å². The molecule has 2 fully saturated rings. The number of aryl methyl sites for hydroxylation is 2. The van der Waals surface area contributed by atoms with E-state index in [4.69, 9.17) is 9.47 Å². The second kappa shape index (κ2) is 8.62. The molecule has 2 saturated heterocycles. The number of ether oxygens (including phenoxy) is 2. The number of aromatic nitrogens is 5. The molecule has 0 radical (unpaired) electrons. The van der Waals surface area contributed by atoms with E-state index in [1.807, 2.05) is 31.5 Å². The van der Waals surface area contributed by atoms with E-state index < -0.39 is 5.95 Å². The first-order chi connectivity index (χ1) is 16.9. The van der Waals surface area contributed by atoms with Crippen molar-refractivity contribution in [3.05, 3.63) is 54.5 Å². The lowest BCUT2D eigenvalue weighted by Crippen LogP contribution is -2.57. The number of morpholine rings is 1. The van der Waals surface area contributed by atoms with Gasteiger partial charge < -0.3 is 14.8 Å². The maximum Gasteiger partial charge on any atom is 0.256 e. The van der Waals surface area contributed by atoms with Crippen LogP contribution in [0.4, 0.5) is 15.9 Å². The van der Waals surface area contributed by atoms with Crippen molar-refractivity contribution in [1.82, 2.24) is 29.3 Å². The molecule has 0 spiro atoms. The summed E-state index contributed by atoms with van der Waals surface area (Å²) in [4.78, 5) is 6.94. The summed E-state index contributed by atoms with van der Waals surface area (Å²) in [5, 5.41) is 11.2. The zero-order chi connectivity index (χ0) is 24.1. The number of halogens is 1. The average molecular weight is 478 g/mol. The number of hydrogen-bond donors (Lipinski definition) is 1. The fraction of sp³-hybridized carbons (Fsp3) is 0.400. The van der Waals surface area contributed by atoms with Crippen LogP contribution in [0.25, 0.3) is 16.6 Å². The van der Waals surface area contributed by atoms with Crippen LogP contribution in [0, 0.1) is 12.9 Å². The first-order valence-electron chi connectivity index (χ1n) is 11.8. The summed E-state index contributed by atoms with van der Waals surface area (Å²) in [6.07, 6.45) is 7.29. The van der Waals surface area contributed by atoms with Crippen molar-refractivity contribution in [1.29, 1.82) is 0 Å². The molecule has 2 bridgehead atoms. The predicted octanol–water partition coefficient (Wildman–Crippen LogP) is 3.56. The molecule has 182 valence electrons. The van der Waals surface area contributed by atoms with Crippen LogP contribution < -0.4 is 10.1 Å². The van der Waals surface area contributed by atoms with E-state index in [0.29, 0.717) is 17.9 Å². The second-order valence-electron chi connectivity index (χ2n) is 9.49. The van der Waals surface area contributed by atoms with Crippen LogP contribution in [0.15, 0.2) is 42.9 Å². The molecule has 1 N–H and O–H groups in total. The van der Waals surface area contributed by atoms with Gasteiger partial charge in [-0.3, -0.25) is 14.6 Å². The molecule has 9 nitrogen and oxygen atoms in total. The molecular formula is C25H28FN7O2. The molecule has 6 rings (SSSR count). The van der Waals surface area contributed by atoms with Gasteiger partial charge in [-0.2, -0.15) is 9.49 Å². The lowest BCUT2D eigenvalue weighted by molar-refractivity contribution is -0.0879. The largest absolute Gasteiger partial charge is 0.488 e. The molecule has 2 aliphatic rings. The number of anilines is 2. The maximum atomic E-state index is 13.9. The monoisotopic (exact) mass is 477 g/mol. The highest BCUT2D eigenvalue weighted by Gasteiger charge is 2.38. The van der Waals surface area contributed by atoms with Gasteiger partial charge in [0.05, 0.1) is 31.1 Å². The fourth-order valence-electron chi connectivity index (χ4n) is 5.09. The topological polar surface area (TPSA) is 81.7 Å². The number of likely N-dealkylation sites (N-methyl/N-ethyl adjacent to an activating group) is 1. The zero-order valence-corrected chi connectivity index (χ0v) is 20.0. The molecule has 10 heteroatoms. The van der Waals surface area contributed by atoms with Crippen LogP contribution in [0.1, 0.15) is 18.5 Å². The summed E-state index contributed by atoms with van der Waals surface area (Å²) in [6, 6.07) is 8.76. The molecule has 6 heterocycles. The SMILES string of the molecule is Cc1cc(-c2ccn3nc(Nc4cn(C)nc4F)cc3c2)c(O[C@H]2C[C@H]3COC[C@@H](C2)N3C)cn1. The smallest absolute Gasteiger partial charge is 0.256 e. The molecule has 35 heavy (non-hydrogen) atoms. The van der Waals surface area contributed by atoms with E-state index in [9.17, 15) is 4.39 Å². The zero-order valence-electron chi connectivity index (χ0n) is 20.0. The van der Waals surface area contributed by atoms with Crippen LogP contribution in [0.5, 0.6) is 5.75 Å². The summed E-state index contributed by atoms with van der Waals surface area (Å²) in [5.41, 5.74) is 4.08. The van der Waals surface area contributed by atoms with Gasteiger partial charge in [-0.25, -0.2) is 4.52 Å². The third-order valence-electron chi connectivity index (χ3n) is 6.96. The van der Waals surface area contributed by atoms with Gasteiger partial charge in [-0.05, 0) is 37.7 Å². The highest BCUT2D eigenvalue weighted by atomic mass is 19.1. The molecule has 4 aromatic heterocycles. The summed E-state index contributed by atoms with van der Waals surface area (Å²) in [6.45, 7) is 3.48. The summed E-state index contributed by atoms with van der Waals surface area (Å²) in [5.74, 6) is 0.754. The highest BCUT2D eigenvalue weighted by Crippen LogP contribution is 2.35. The molecule has 0 unspecified atom stereocenters. The minimum Gasteiger partial charge on any atom is -0.488 e. The summed E-state index contributed by atoms with van der Waals surface area (Å²) >= 11 is 0. The van der Waals surface area contributed by atoms with E-state index in [-0.39, 0.29) is 11.8 Å². The Bertz CT molecular complexity index is 1370. The molecule has 3 atom stereocenters. The van der Waals surface area contributed by atoms with Crippen LogP contribution in [0.3, 0.4) is 0 Å². The van der Waals surface area contributed by atoms with Crippen LogP contribution >= 0.6 is 0 Å². The van der Waals surface area contributed by atoms with Gasteiger partial charge in [-0.15, -0.1) is 5.10 Å². The van der Waals surface area contributed by atoms with E-state index >= 15 is 0 Å². The number of nitrogens with zero attached hydrogens (tertiary/aromatic N) is 6. The Morgan fingerprint density at radius 3 is 2.66 bits per heavy atom. The normalized spacial score (nSPS) is 22.5. The Labute approximate surface area is 202 Å². The average Bonchev–Trinajstić information content (AvgIpc) is 3.36. The fourth-order valence-corrected chi connectivity index (χ4v) is 5.09. The quantitative estimate of drug-likeness (QED) is 0.471. The Morgan fingerprint density at radius 2 is 1.91 bits per heavy atom. The van der Waals surface area contributed by atoms with Crippen LogP contribution in [-0.4, -0.2) is 67.7 Å². The Hall–Kier alpha value is -3.50. The predicted molar refractivity (Wildman–Crippen MR) is 129 cm³/mol. The first kappa shape index (κ1) is 22.0. The van der Waals surface area contributed by atoms with Gasteiger partial charge >= 0.3 is 0 Å². The van der Waals surface area contributed by atoms with E-state index in [2.05, 4.69) is 44.6 Å². The molecule has 0 aliphatic carbocycles. The second-order valence-corrected chi connectivity index (χ2v) is 9.49. The lowest BCUT2D eigenvalue weighted by atomic mass is 9.92. The summed E-state index contributed by atoms with van der Waals surface area (Å²) < 4.78 is 29.4. The molecular weight excluding hydrogens is 449 g/mol. The number of fused-ring (bicyclic) bond motifs is 3. The number of nitrogens with one attached hydrogen (secondary N) is 1. The van der Waals surface area contributed by atoms with Gasteiger partial charge in [0.1, 0.15) is 17.5 Å². The number of rotatable bonds is 5. The number of hydrogen-bond acceptors (Lipinski definition) is 7. The van der Waals surface area contributed by atoms with Crippen molar-refractivity contribution in [2.45, 2.75) is 38.0 Å². The van der Waals surface area contributed by atoms with E-state index in [1.54, 1.807) is 17.8 Å². The number of pyridine rings is 2. The molecule has 0 amide bonds. The third-order valence-corrected chi connectivity index (χ3v) is 6.96. The van der Waals surface area contributed by atoms with Gasteiger partial charge in [-0.1, -0.05) is 0 Å². The van der Waals surface area contributed by atoms with Crippen LogP contribution in [0.2, 0.25) is 0 Å². The van der Waals surface area contributed by atoms with Crippen molar-refractivity contribution < 1.29 is 13.9 Å². The molecule has 2 aliphatic heterocycles. The molecule has 0 saturated carbocycles. The van der Waals surface area contributed by atoms with Crippen molar-refractivity contribution in [3.63, 3.8) is 0 Å². The van der Waals surface area contributed by atoms with Gasteiger partial charge in [0.25, 0.3) is 5.95 Å². The maximum absolute atomic E-state index is 13.9.